The quantitative estimate of drug-likeness (QED) is 0.456. The molecule has 2 aromatic carbocycles. The number of nitrogens with zero attached hydrogens (tertiary/aromatic N) is 1. The molecule has 4 rings (SSSR count). The van der Waals surface area contributed by atoms with Crippen LogP contribution in [0.25, 0.3) is 0 Å². The first-order chi connectivity index (χ1) is 18.1. The highest BCUT2D eigenvalue weighted by Gasteiger charge is 2.63. The highest BCUT2D eigenvalue weighted by molar-refractivity contribution is 6.34. The number of alkyl halides is 6. The first-order valence-corrected chi connectivity index (χ1v) is 12.0. The summed E-state index contributed by atoms with van der Waals surface area (Å²) in [5.41, 5.74) is -5.14. The second-order valence-electron chi connectivity index (χ2n) is 9.12. The van der Waals surface area contributed by atoms with Gasteiger partial charge in [0.25, 0.3) is 11.5 Å². The van der Waals surface area contributed by atoms with Crippen LogP contribution in [0.4, 0.5) is 26.3 Å². The summed E-state index contributed by atoms with van der Waals surface area (Å²) < 4.78 is 86.7. The van der Waals surface area contributed by atoms with Gasteiger partial charge in [0.05, 0.1) is 25.5 Å². The summed E-state index contributed by atoms with van der Waals surface area (Å²) in [4.78, 5) is 29.6. The van der Waals surface area contributed by atoms with Gasteiger partial charge < -0.3 is 20.2 Å². The van der Waals surface area contributed by atoms with Crippen LogP contribution in [0.3, 0.4) is 0 Å². The van der Waals surface area contributed by atoms with Crippen molar-refractivity contribution in [3.63, 3.8) is 0 Å². The fraction of sp³-hybridized carbons (Fsp3) is 0.375. The number of hydrogen-bond acceptors (Lipinski definition) is 5. The van der Waals surface area contributed by atoms with E-state index in [1.165, 1.54) is 31.2 Å². The van der Waals surface area contributed by atoms with E-state index in [-0.39, 0.29) is 32.4 Å². The van der Waals surface area contributed by atoms with Gasteiger partial charge in [-0.25, -0.2) is 0 Å². The summed E-state index contributed by atoms with van der Waals surface area (Å²) in [6.07, 6.45) is -10.3. The molecule has 2 aliphatic rings. The van der Waals surface area contributed by atoms with E-state index < -0.39 is 61.5 Å². The number of benzene rings is 2. The molecule has 15 heteroatoms. The monoisotopic (exact) mass is 597 g/mol. The van der Waals surface area contributed by atoms with Crippen LogP contribution in [0.15, 0.2) is 41.6 Å². The molecule has 1 atom stereocenters. The number of amides is 2. The molecule has 2 N–H and O–H groups in total. The molecule has 0 radical (unpaired) electrons. The van der Waals surface area contributed by atoms with Gasteiger partial charge in [0.2, 0.25) is 5.91 Å². The summed E-state index contributed by atoms with van der Waals surface area (Å²) in [6.45, 7) is -0.712. The van der Waals surface area contributed by atoms with Crippen LogP contribution in [0.1, 0.15) is 33.5 Å². The predicted octanol–water partition coefficient (Wildman–Crippen LogP) is 5.06. The molecule has 1 fully saturated rings. The fourth-order valence-electron chi connectivity index (χ4n) is 4.12. The zero-order valence-corrected chi connectivity index (χ0v) is 21.4. The van der Waals surface area contributed by atoms with Gasteiger partial charge in [0.15, 0.2) is 5.54 Å². The summed E-state index contributed by atoms with van der Waals surface area (Å²) in [7, 11) is 0. The maximum absolute atomic E-state index is 14.2. The van der Waals surface area contributed by atoms with Gasteiger partial charge in [0.1, 0.15) is 0 Å². The Morgan fingerprint density at radius 1 is 1.00 bits per heavy atom. The molecule has 0 saturated carbocycles. The van der Waals surface area contributed by atoms with Gasteiger partial charge in [-0.2, -0.15) is 26.3 Å². The average molecular weight is 598 g/mol. The zero-order chi connectivity index (χ0) is 28.8. The third-order valence-corrected chi connectivity index (χ3v) is 6.78. The van der Waals surface area contributed by atoms with Crippen LogP contribution < -0.4 is 10.6 Å². The predicted molar refractivity (Wildman–Crippen MR) is 128 cm³/mol. The van der Waals surface area contributed by atoms with Crippen molar-refractivity contribution in [3.8, 4) is 0 Å². The minimum Gasteiger partial charge on any atom is -0.376 e. The van der Waals surface area contributed by atoms with Crippen molar-refractivity contribution in [1.29, 1.82) is 0 Å². The molecule has 1 saturated heterocycles. The average Bonchev–Trinajstić information content (AvgIpc) is 3.25. The Bertz CT molecular complexity index is 1320. The lowest BCUT2D eigenvalue weighted by atomic mass is 9.86. The molecule has 0 aromatic heterocycles. The highest BCUT2D eigenvalue weighted by atomic mass is 35.5. The molecule has 0 bridgehead atoms. The molecule has 2 aromatic rings. The Morgan fingerprint density at radius 2 is 1.64 bits per heavy atom. The largest absolute Gasteiger partial charge is 0.435 e. The van der Waals surface area contributed by atoms with Gasteiger partial charge in [-0.3, -0.25) is 9.59 Å². The van der Waals surface area contributed by atoms with Crippen LogP contribution in [0, 0.1) is 6.92 Å². The van der Waals surface area contributed by atoms with Crippen molar-refractivity contribution in [2.45, 2.75) is 36.8 Å². The fourth-order valence-corrected chi connectivity index (χ4v) is 4.65. The van der Waals surface area contributed by atoms with Gasteiger partial charge in [-0.05, 0) is 48.4 Å². The number of carbonyl (C=O) groups is 2. The molecule has 1 unspecified atom stereocenters. The molecule has 2 aliphatic heterocycles. The second kappa shape index (κ2) is 10.2. The number of hydrogen-bond donors (Lipinski definition) is 2. The van der Waals surface area contributed by atoms with Crippen LogP contribution in [0.5, 0.6) is 0 Å². The number of rotatable bonds is 6. The summed E-state index contributed by atoms with van der Waals surface area (Å²) in [6, 6.07) is 7.48. The van der Waals surface area contributed by atoms with Crippen molar-refractivity contribution in [2.24, 2.45) is 5.16 Å². The Kier molecular flexibility index (Phi) is 7.56. The first kappa shape index (κ1) is 29.0. The van der Waals surface area contributed by atoms with Crippen LogP contribution in [0.2, 0.25) is 10.0 Å². The minimum absolute atomic E-state index is 0.0207. The van der Waals surface area contributed by atoms with E-state index in [2.05, 4.69) is 15.2 Å². The smallest absolute Gasteiger partial charge is 0.376 e. The van der Waals surface area contributed by atoms with Gasteiger partial charge >= 0.3 is 12.4 Å². The number of carbonyl (C=O) groups excluding carboxylic acids is 2. The Labute approximate surface area is 227 Å². The normalized spacial score (nSPS) is 20.5. The van der Waals surface area contributed by atoms with E-state index >= 15 is 0 Å². The van der Waals surface area contributed by atoms with Gasteiger partial charge in [-0.1, -0.05) is 34.4 Å². The maximum Gasteiger partial charge on any atom is 0.435 e. The molecule has 39 heavy (non-hydrogen) atoms. The Hall–Kier alpha value is -3.03. The zero-order valence-electron chi connectivity index (χ0n) is 19.9. The van der Waals surface area contributed by atoms with Gasteiger partial charge in [-0.15, -0.1) is 0 Å². The molecule has 0 spiro atoms. The third kappa shape index (κ3) is 5.52. The van der Waals surface area contributed by atoms with E-state index in [1.54, 1.807) is 0 Å². The molecule has 2 amide bonds. The SMILES string of the molecule is Cc1cc(C2=NOC(c3cc(Cl)cc(Cl)c3)(C(F)(F)F)C2)ccc1C(=O)NCC(=O)NC1(C(F)(F)F)COC1. The summed E-state index contributed by atoms with van der Waals surface area (Å²) in [5.74, 6) is -1.84. The number of nitrogens with one attached hydrogen (secondary N) is 2. The van der Waals surface area contributed by atoms with E-state index in [4.69, 9.17) is 28.0 Å². The number of halogens is 8. The van der Waals surface area contributed by atoms with E-state index in [1.807, 2.05) is 5.32 Å². The Balaban J connectivity index is 1.46. The number of oxime groups is 1. The standard InChI is InChI=1S/C24H19Cl2F6N3O4/c1-12-4-13(18-8-22(39-35-18,24(30,31)32)14-5-15(25)7-16(26)6-14)2-3-17(12)20(37)33-9-19(36)34-21(10-38-11-21)23(27,28)29/h2-7H,8-11H2,1H3,(H,33,37)(H,34,36). The van der Waals surface area contributed by atoms with Crippen molar-refractivity contribution >= 4 is 40.7 Å². The minimum atomic E-state index is -4.89. The summed E-state index contributed by atoms with van der Waals surface area (Å²) in [5, 5.41) is 7.68. The van der Waals surface area contributed by atoms with E-state index in [0.29, 0.717) is 5.56 Å². The molecule has 0 aliphatic carbocycles. The van der Waals surface area contributed by atoms with E-state index in [0.717, 1.165) is 12.1 Å². The highest BCUT2D eigenvalue weighted by Crippen LogP contribution is 2.49. The van der Waals surface area contributed by atoms with Crippen LogP contribution in [-0.2, 0) is 20.0 Å². The van der Waals surface area contributed by atoms with Crippen LogP contribution in [-0.4, -0.2) is 55.2 Å². The van der Waals surface area contributed by atoms with E-state index in [9.17, 15) is 35.9 Å². The van der Waals surface area contributed by atoms with Crippen molar-refractivity contribution in [2.75, 3.05) is 19.8 Å². The lowest BCUT2D eigenvalue weighted by Crippen LogP contribution is -2.71. The second-order valence-corrected chi connectivity index (χ2v) is 10.00. The molecule has 210 valence electrons. The van der Waals surface area contributed by atoms with Gasteiger partial charge in [0, 0.05) is 27.6 Å². The third-order valence-electron chi connectivity index (χ3n) is 6.35. The first-order valence-electron chi connectivity index (χ1n) is 11.2. The summed E-state index contributed by atoms with van der Waals surface area (Å²) >= 11 is 11.8. The maximum atomic E-state index is 14.2. The number of aryl methyl sites for hydroxylation is 1. The lowest BCUT2D eigenvalue weighted by molar-refractivity contribution is -0.275. The molecular formula is C24H19Cl2F6N3O4. The van der Waals surface area contributed by atoms with Crippen LogP contribution >= 0.6 is 23.2 Å². The molecule has 7 nitrogen and oxygen atoms in total. The van der Waals surface area contributed by atoms with Crippen molar-refractivity contribution in [1.82, 2.24) is 10.6 Å². The molecular weight excluding hydrogens is 579 g/mol. The van der Waals surface area contributed by atoms with Crippen molar-refractivity contribution < 1.29 is 45.5 Å². The lowest BCUT2D eigenvalue weighted by Gasteiger charge is -2.42. The van der Waals surface area contributed by atoms with Crippen molar-refractivity contribution in [3.05, 3.63) is 68.7 Å². The molecule has 2 heterocycles. The topological polar surface area (TPSA) is 89.0 Å². The number of ether oxygens (including phenoxy) is 1. The Morgan fingerprint density at radius 3 is 2.15 bits per heavy atom.